The van der Waals surface area contributed by atoms with E-state index in [9.17, 15) is 0 Å². The molecule has 1 atom stereocenters. The molecular weight excluding hydrogens is 262 g/mol. The predicted molar refractivity (Wildman–Crippen MR) is 75.7 cm³/mol. The highest BCUT2D eigenvalue weighted by Gasteiger charge is 2.22. The van der Waals surface area contributed by atoms with Gasteiger partial charge in [-0.05, 0) is 30.3 Å². The second-order valence-electron chi connectivity index (χ2n) is 4.84. The average molecular weight is 279 g/mol. The number of thiophene rings is 1. The van der Waals surface area contributed by atoms with Crippen LogP contribution in [0, 0.1) is 5.92 Å². The number of aliphatic hydroxyl groups excluding tert-OH is 1. The second-order valence-corrected chi connectivity index (χ2v) is 5.74. The van der Waals surface area contributed by atoms with Crippen LogP contribution in [-0.2, 0) is 6.54 Å². The molecule has 2 aromatic rings. The minimum Gasteiger partial charge on any atom is -0.396 e. The first-order chi connectivity index (χ1) is 9.30. The number of nitrogen functional groups attached to an aromatic ring is 1. The number of fused-ring (bicyclic) bond motifs is 1. The summed E-state index contributed by atoms with van der Waals surface area (Å²) in [6.45, 7) is 2.87. The van der Waals surface area contributed by atoms with Crippen LogP contribution in [0.4, 0.5) is 5.82 Å². The van der Waals surface area contributed by atoms with Gasteiger partial charge in [0.1, 0.15) is 10.7 Å². The molecule has 6 nitrogen and oxygen atoms in total. The molecule has 0 amide bonds. The minimum absolute atomic E-state index is 0.261. The number of aromatic nitrogens is 2. The largest absolute Gasteiger partial charge is 0.396 e. The Morgan fingerprint density at radius 3 is 3.16 bits per heavy atom. The number of hydrazine groups is 1. The van der Waals surface area contributed by atoms with E-state index in [-0.39, 0.29) is 6.61 Å². The maximum Gasteiger partial charge on any atom is 0.152 e. The van der Waals surface area contributed by atoms with Gasteiger partial charge in [0.05, 0.1) is 11.9 Å². The van der Waals surface area contributed by atoms with Crippen molar-refractivity contribution in [3.63, 3.8) is 0 Å². The molecule has 1 saturated heterocycles. The molecule has 3 rings (SSSR count). The smallest absolute Gasteiger partial charge is 0.152 e. The maximum absolute atomic E-state index is 9.16. The van der Waals surface area contributed by atoms with Gasteiger partial charge in [0, 0.05) is 13.2 Å². The molecule has 1 unspecified atom stereocenters. The molecule has 1 aliphatic rings. The molecule has 0 bridgehead atoms. The van der Waals surface area contributed by atoms with E-state index in [1.807, 2.05) is 11.4 Å². The van der Waals surface area contributed by atoms with Gasteiger partial charge in [-0.3, -0.25) is 4.90 Å². The van der Waals surface area contributed by atoms with E-state index in [1.54, 1.807) is 11.3 Å². The Balaban J connectivity index is 1.81. The summed E-state index contributed by atoms with van der Waals surface area (Å²) >= 11 is 1.59. The Kier molecular flexibility index (Phi) is 3.61. The maximum atomic E-state index is 9.16. The van der Waals surface area contributed by atoms with Crippen molar-refractivity contribution in [3.8, 4) is 0 Å². The minimum atomic E-state index is 0.261. The van der Waals surface area contributed by atoms with Crippen molar-refractivity contribution in [1.29, 1.82) is 0 Å². The van der Waals surface area contributed by atoms with Crippen LogP contribution < -0.4 is 11.3 Å². The zero-order valence-electron chi connectivity index (χ0n) is 10.5. The van der Waals surface area contributed by atoms with Crippen LogP contribution in [0.5, 0.6) is 0 Å². The average Bonchev–Trinajstić information content (AvgIpc) is 3.06. The van der Waals surface area contributed by atoms with Crippen molar-refractivity contribution in [2.24, 2.45) is 11.8 Å². The van der Waals surface area contributed by atoms with E-state index in [0.717, 1.165) is 35.6 Å². The fraction of sp³-hybridized carbons (Fsp3) is 0.500. The lowest BCUT2D eigenvalue weighted by molar-refractivity contribution is 0.219. The number of aliphatic hydroxyl groups is 1. The highest BCUT2D eigenvalue weighted by Crippen LogP contribution is 2.25. The first-order valence-electron chi connectivity index (χ1n) is 6.34. The monoisotopic (exact) mass is 279 g/mol. The fourth-order valence-electron chi connectivity index (χ4n) is 2.49. The Hall–Kier alpha value is -1.28. The lowest BCUT2D eigenvalue weighted by Gasteiger charge is -2.15. The number of hydrogen-bond donors (Lipinski definition) is 3. The Morgan fingerprint density at radius 2 is 2.42 bits per heavy atom. The molecule has 0 spiro atoms. The van der Waals surface area contributed by atoms with E-state index < -0.39 is 0 Å². The molecule has 0 aromatic carbocycles. The van der Waals surface area contributed by atoms with Crippen molar-refractivity contribution in [2.45, 2.75) is 13.0 Å². The molecule has 4 N–H and O–H groups in total. The number of nitrogens with two attached hydrogens (primary N) is 1. The van der Waals surface area contributed by atoms with Gasteiger partial charge >= 0.3 is 0 Å². The van der Waals surface area contributed by atoms with Gasteiger partial charge < -0.3 is 10.5 Å². The van der Waals surface area contributed by atoms with E-state index in [2.05, 4.69) is 20.3 Å². The van der Waals surface area contributed by atoms with Gasteiger partial charge in [-0.15, -0.1) is 11.3 Å². The van der Waals surface area contributed by atoms with Crippen LogP contribution in [0.2, 0.25) is 0 Å². The third kappa shape index (κ3) is 2.55. The number of likely N-dealkylation sites (tertiary alicyclic amines) is 1. The third-order valence-electron chi connectivity index (χ3n) is 3.50. The van der Waals surface area contributed by atoms with Gasteiger partial charge in [0.25, 0.3) is 0 Å². The van der Waals surface area contributed by atoms with Crippen LogP contribution in [-0.4, -0.2) is 39.7 Å². The molecule has 102 valence electrons. The summed E-state index contributed by atoms with van der Waals surface area (Å²) in [5.74, 6) is 7.36. The lowest BCUT2D eigenvalue weighted by atomic mass is 10.1. The molecule has 19 heavy (non-hydrogen) atoms. The van der Waals surface area contributed by atoms with Gasteiger partial charge in [-0.2, -0.15) is 0 Å². The van der Waals surface area contributed by atoms with Gasteiger partial charge in [-0.25, -0.2) is 15.8 Å². The van der Waals surface area contributed by atoms with Crippen molar-refractivity contribution >= 4 is 27.4 Å². The van der Waals surface area contributed by atoms with Crippen LogP contribution in [0.25, 0.3) is 10.2 Å². The number of nitrogens with one attached hydrogen (secondary N) is 1. The van der Waals surface area contributed by atoms with Gasteiger partial charge in [-0.1, -0.05) is 0 Å². The highest BCUT2D eigenvalue weighted by molar-refractivity contribution is 7.16. The van der Waals surface area contributed by atoms with Crippen molar-refractivity contribution < 1.29 is 5.11 Å². The zero-order chi connectivity index (χ0) is 13.2. The molecule has 0 aliphatic carbocycles. The summed E-state index contributed by atoms with van der Waals surface area (Å²) in [6.07, 6.45) is 1.04. The molecule has 0 saturated carbocycles. The van der Waals surface area contributed by atoms with E-state index in [4.69, 9.17) is 10.9 Å². The summed E-state index contributed by atoms with van der Waals surface area (Å²) in [5, 5.41) is 12.1. The van der Waals surface area contributed by atoms with E-state index in [1.165, 1.54) is 0 Å². The molecule has 3 heterocycles. The first kappa shape index (κ1) is 12.7. The molecule has 2 aromatic heterocycles. The quantitative estimate of drug-likeness (QED) is 0.566. The highest BCUT2D eigenvalue weighted by atomic mass is 32.1. The Labute approximate surface area is 115 Å². The summed E-state index contributed by atoms with van der Waals surface area (Å²) < 4.78 is 0. The Morgan fingerprint density at radius 1 is 1.53 bits per heavy atom. The fourth-order valence-corrected chi connectivity index (χ4v) is 3.27. The number of nitrogens with zero attached hydrogens (tertiary/aromatic N) is 3. The van der Waals surface area contributed by atoms with E-state index in [0.29, 0.717) is 18.3 Å². The number of hydrogen-bond acceptors (Lipinski definition) is 7. The van der Waals surface area contributed by atoms with Crippen LogP contribution in [0.15, 0.2) is 11.4 Å². The SMILES string of the molecule is NNc1nc(CN2CCC(CO)C2)nc2sccc12. The van der Waals surface area contributed by atoms with Gasteiger partial charge in [0.15, 0.2) is 5.82 Å². The van der Waals surface area contributed by atoms with Crippen molar-refractivity contribution in [2.75, 3.05) is 25.1 Å². The molecule has 7 heteroatoms. The van der Waals surface area contributed by atoms with Crippen LogP contribution in [0.3, 0.4) is 0 Å². The van der Waals surface area contributed by atoms with Crippen molar-refractivity contribution in [3.05, 3.63) is 17.3 Å². The summed E-state index contributed by atoms with van der Waals surface area (Å²) in [4.78, 5) is 12.3. The first-order valence-corrected chi connectivity index (χ1v) is 7.22. The standard InChI is InChI=1S/C12H17N5OS/c13-16-11-9-2-4-19-12(9)15-10(14-11)6-17-3-1-8(5-17)7-18/h2,4,8,18H,1,3,5-7,13H2,(H,14,15,16). The van der Waals surface area contributed by atoms with Gasteiger partial charge in [0.2, 0.25) is 0 Å². The van der Waals surface area contributed by atoms with Crippen molar-refractivity contribution in [1.82, 2.24) is 14.9 Å². The lowest BCUT2D eigenvalue weighted by Crippen LogP contribution is -2.22. The van der Waals surface area contributed by atoms with E-state index >= 15 is 0 Å². The van der Waals surface area contributed by atoms with Crippen LogP contribution in [0.1, 0.15) is 12.2 Å². The number of anilines is 1. The van der Waals surface area contributed by atoms with Crippen LogP contribution >= 0.6 is 11.3 Å². The predicted octanol–water partition coefficient (Wildman–Crippen LogP) is 0.791. The summed E-state index contributed by atoms with van der Waals surface area (Å²) in [5.41, 5.74) is 2.64. The molecular formula is C12H17N5OS. The Bertz CT molecular complexity index is 572. The molecule has 1 fully saturated rings. The third-order valence-corrected chi connectivity index (χ3v) is 4.31. The number of rotatable bonds is 4. The summed E-state index contributed by atoms with van der Waals surface area (Å²) in [7, 11) is 0. The normalized spacial score (nSPS) is 20.2. The summed E-state index contributed by atoms with van der Waals surface area (Å²) in [6, 6.07) is 1.97. The second kappa shape index (κ2) is 5.38. The molecule has 0 radical (unpaired) electrons. The zero-order valence-corrected chi connectivity index (χ0v) is 11.4. The molecule has 1 aliphatic heterocycles. The topological polar surface area (TPSA) is 87.3 Å².